The molecule has 2 aliphatic rings. The predicted molar refractivity (Wildman–Crippen MR) is 76.1 cm³/mol. The number of hydrogen-bond donors (Lipinski definition) is 0. The number of aromatic nitrogens is 2. The minimum Gasteiger partial charge on any atom is -0.333 e. The molecule has 6 nitrogen and oxygen atoms in total. The minimum atomic E-state index is -4.45. The summed E-state index contributed by atoms with van der Waals surface area (Å²) >= 11 is 3.36. The van der Waals surface area contributed by atoms with Crippen molar-refractivity contribution < 1.29 is 22.8 Å². The topological polar surface area (TPSA) is 58.4 Å². The van der Waals surface area contributed by atoms with Gasteiger partial charge in [0.25, 0.3) is 0 Å². The molecule has 0 unspecified atom stereocenters. The number of amides is 2. The van der Waals surface area contributed by atoms with Crippen LogP contribution >= 0.6 is 15.9 Å². The lowest BCUT2D eigenvalue weighted by molar-refractivity contribution is -0.157. The number of carbonyl (C=O) groups is 2. The van der Waals surface area contributed by atoms with E-state index in [4.69, 9.17) is 0 Å². The van der Waals surface area contributed by atoms with E-state index < -0.39 is 24.5 Å². The maximum atomic E-state index is 12.5. The molecule has 2 aliphatic heterocycles. The Kier molecular flexibility index (Phi) is 4.11. The highest BCUT2D eigenvalue weighted by atomic mass is 79.9. The van der Waals surface area contributed by atoms with Crippen LogP contribution in [-0.4, -0.2) is 57.0 Å². The SMILES string of the molecule is O=C1C[C@@H](C(=O)N2CCn3c(Br)cnc3C2)CN1CC(F)(F)F. The van der Waals surface area contributed by atoms with Crippen molar-refractivity contribution in [1.29, 1.82) is 0 Å². The number of carbonyl (C=O) groups excluding carboxylic acids is 2. The van der Waals surface area contributed by atoms with Crippen molar-refractivity contribution in [3.63, 3.8) is 0 Å². The van der Waals surface area contributed by atoms with Crippen molar-refractivity contribution in [2.75, 3.05) is 19.6 Å². The second-order valence-electron chi connectivity index (χ2n) is 5.70. The molecule has 1 aromatic heterocycles. The molecule has 1 saturated heterocycles. The van der Waals surface area contributed by atoms with Gasteiger partial charge < -0.3 is 14.4 Å². The summed E-state index contributed by atoms with van der Waals surface area (Å²) in [5.41, 5.74) is 0. The summed E-state index contributed by atoms with van der Waals surface area (Å²) in [4.78, 5) is 30.6. The smallest absolute Gasteiger partial charge is 0.333 e. The summed E-state index contributed by atoms with van der Waals surface area (Å²) in [6, 6.07) is 0. The van der Waals surface area contributed by atoms with E-state index >= 15 is 0 Å². The zero-order chi connectivity index (χ0) is 16.8. The van der Waals surface area contributed by atoms with Crippen molar-refractivity contribution in [2.24, 2.45) is 5.92 Å². The van der Waals surface area contributed by atoms with E-state index in [0.29, 0.717) is 30.4 Å². The number of rotatable bonds is 2. The van der Waals surface area contributed by atoms with Crippen molar-refractivity contribution in [1.82, 2.24) is 19.4 Å². The lowest BCUT2D eigenvalue weighted by Crippen LogP contribution is -2.43. The van der Waals surface area contributed by atoms with Gasteiger partial charge in [-0.15, -0.1) is 0 Å². The minimum absolute atomic E-state index is 0.163. The van der Waals surface area contributed by atoms with Gasteiger partial charge in [0.15, 0.2) is 0 Å². The van der Waals surface area contributed by atoms with Crippen LogP contribution in [0.2, 0.25) is 0 Å². The van der Waals surface area contributed by atoms with Crippen LogP contribution < -0.4 is 0 Å². The first-order valence-electron chi connectivity index (χ1n) is 7.08. The molecule has 0 aliphatic carbocycles. The number of nitrogens with zero attached hydrogens (tertiary/aromatic N) is 4. The molecule has 10 heteroatoms. The first-order chi connectivity index (χ1) is 10.7. The number of fused-ring (bicyclic) bond motifs is 1. The molecule has 0 N–H and O–H groups in total. The van der Waals surface area contributed by atoms with Gasteiger partial charge in [0.05, 0.1) is 18.7 Å². The zero-order valence-corrected chi connectivity index (χ0v) is 13.6. The first kappa shape index (κ1) is 16.3. The van der Waals surface area contributed by atoms with E-state index in [1.54, 1.807) is 11.1 Å². The van der Waals surface area contributed by atoms with Gasteiger partial charge in [0.2, 0.25) is 11.8 Å². The molecule has 126 valence electrons. The van der Waals surface area contributed by atoms with Gasteiger partial charge in [0, 0.05) is 26.1 Å². The Labute approximate surface area is 138 Å². The number of halogens is 4. The fourth-order valence-electron chi connectivity index (χ4n) is 2.98. The zero-order valence-electron chi connectivity index (χ0n) is 12.0. The van der Waals surface area contributed by atoms with Gasteiger partial charge in [0.1, 0.15) is 17.0 Å². The van der Waals surface area contributed by atoms with Crippen molar-refractivity contribution in [3.8, 4) is 0 Å². The Bertz CT molecular complexity index is 646. The molecular weight excluding hydrogens is 381 g/mol. The van der Waals surface area contributed by atoms with Crippen molar-refractivity contribution in [2.45, 2.75) is 25.7 Å². The van der Waals surface area contributed by atoms with Crippen molar-refractivity contribution >= 4 is 27.7 Å². The lowest BCUT2D eigenvalue weighted by atomic mass is 10.1. The third-order valence-corrected chi connectivity index (χ3v) is 4.69. The Balaban J connectivity index is 1.65. The number of likely N-dealkylation sites (tertiary alicyclic amines) is 1. The summed E-state index contributed by atoms with van der Waals surface area (Å²) < 4.78 is 40.0. The molecule has 3 heterocycles. The highest BCUT2D eigenvalue weighted by molar-refractivity contribution is 9.10. The van der Waals surface area contributed by atoms with Crippen LogP contribution in [0.1, 0.15) is 12.2 Å². The van der Waals surface area contributed by atoms with Gasteiger partial charge in [-0.05, 0) is 15.9 Å². The summed E-state index contributed by atoms with van der Waals surface area (Å²) in [6.07, 6.45) is -2.97. The lowest BCUT2D eigenvalue weighted by Gasteiger charge is -2.30. The van der Waals surface area contributed by atoms with Gasteiger partial charge in [-0.3, -0.25) is 9.59 Å². The van der Waals surface area contributed by atoms with Crippen LogP contribution in [0.4, 0.5) is 13.2 Å². The van der Waals surface area contributed by atoms with Crippen LogP contribution in [0, 0.1) is 5.92 Å². The van der Waals surface area contributed by atoms with E-state index in [0.717, 1.165) is 4.60 Å². The van der Waals surface area contributed by atoms with E-state index in [9.17, 15) is 22.8 Å². The maximum Gasteiger partial charge on any atom is 0.406 e. The molecule has 1 fully saturated rings. The van der Waals surface area contributed by atoms with Crippen LogP contribution in [0.3, 0.4) is 0 Å². The second kappa shape index (κ2) is 5.81. The van der Waals surface area contributed by atoms with Gasteiger partial charge >= 0.3 is 6.18 Å². The van der Waals surface area contributed by atoms with Gasteiger partial charge in [-0.2, -0.15) is 13.2 Å². The molecule has 0 aromatic carbocycles. The summed E-state index contributed by atoms with van der Waals surface area (Å²) in [5.74, 6) is -0.905. The summed E-state index contributed by atoms with van der Waals surface area (Å²) in [7, 11) is 0. The largest absolute Gasteiger partial charge is 0.406 e. The molecular formula is C13H14BrF3N4O2. The normalized spacial score (nSPS) is 21.7. The second-order valence-corrected chi connectivity index (χ2v) is 6.51. The van der Waals surface area contributed by atoms with E-state index in [1.807, 2.05) is 4.57 Å². The molecule has 0 radical (unpaired) electrons. The molecule has 3 rings (SSSR count). The predicted octanol–water partition coefficient (Wildman–Crippen LogP) is 1.40. The van der Waals surface area contributed by atoms with Crippen LogP contribution in [0.5, 0.6) is 0 Å². The van der Waals surface area contributed by atoms with E-state index in [2.05, 4.69) is 20.9 Å². The fraction of sp³-hybridized carbons (Fsp3) is 0.615. The molecule has 0 saturated carbocycles. The molecule has 0 bridgehead atoms. The Morgan fingerprint density at radius 1 is 1.39 bits per heavy atom. The molecule has 23 heavy (non-hydrogen) atoms. The average Bonchev–Trinajstić information content (AvgIpc) is 3.00. The van der Waals surface area contributed by atoms with Crippen LogP contribution in [0.25, 0.3) is 0 Å². The molecule has 1 atom stereocenters. The third kappa shape index (κ3) is 3.36. The highest BCUT2D eigenvalue weighted by Crippen LogP contribution is 2.26. The van der Waals surface area contributed by atoms with E-state index in [1.165, 1.54) is 0 Å². The first-order valence-corrected chi connectivity index (χ1v) is 7.87. The quantitative estimate of drug-likeness (QED) is 0.761. The van der Waals surface area contributed by atoms with Crippen molar-refractivity contribution in [3.05, 3.63) is 16.6 Å². The maximum absolute atomic E-state index is 12.5. The van der Waals surface area contributed by atoms with Crippen LogP contribution in [0.15, 0.2) is 10.8 Å². The van der Waals surface area contributed by atoms with Gasteiger partial charge in [-0.1, -0.05) is 0 Å². The Morgan fingerprint density at radius 3 is 2.83 bits per heavy atom. The Morgan fingerprint density at radius 2 is 2.13 bits per heavy atom. The monoisotopic (exact) mass is 394 g/mol. The van der Waals surface area contributed by atoms with Crippen LogP contribution in [-0.2, 0) is 22.7 Å². The number of hydrogen-bond acceptors (Lipinski definition) is 3. The average molecular weight is 395 g/mol. The summed E-state index contributed by atoms with van der Waals surface area (Å²) in [5, 5.41) is 0. The third-order valence-electron chi connectivity index (χ3n) is 4.06. The summed E-state index contributed by atoms with van der Waals surface area (Å²) in [6.45, 7) is -0.160. The number of alkyl halides is 3. The Hall–Kier alpha value is -1.58. The molecule has 1 aromatic rings. The van der Waals surface area contributed by atoms with Gasteiger partial charge in [-0.25, -0.2) is 4.98 Å². The number of imidazole rings is 1. The fourth-order valence-corrected chi connectivity index (χ4v) is 3.46. The standard InChI is InChI=1S/C13H14BrF3N4O2/c14-9-4-18-10-6-19(1-2-21(9)10)12(23)8-3-11(22)20(5-8)7-13(15,16)17/h4,8H,1-3,5-7H2/t8-/m1/s1. The molecule has 0 spiro atoms. The van der Waals surface area contributed by atoms with E-state index in [-0.39, 0.29) is 18.9 Å². The highest BCUT2D eigenvalue weighted by Gasteiger charge is 2.42. The molecule has 2 amide bonds.